The lowest BCUT2D eigenvalue weighted by Crippen LogP contribution is -2.35. The second-order valence-corrected chi connectivity index (χ2v) is 7.11. The fraction of sp³-hybridized carbons (Fsp3) is 0.474. The Morgan fingerprint density at radius 2 is 2.04 bits per heavy atom. The summed E-state index contributed by atoms with van der Waals surface area (Å²) in [5.41, 5.74) is 0.623. The number of carbonyl (C=O) groups excluding carboxylic acids is 1. The number of hydrogen-bond donors (Lipinski definition) is 1. The third kappa shape index (κ3) is 4.11. The number of rotatable bonds is 5. The SMILES string of the molecule is CN1CCC(n2nccc2NC(=O)C(c2cccc(F)c2)N(C)C)CC1. The molecule has 6 nitrogen and oxygen atoms in total. The van der Waals surface area contributed by atoms with Crippen LogP contribution >= 0.6 is 0 Å². The second-order valence-electron chi connectivity index (χ2n) is 7.11. The molecule has 1 saturated heterocycles. The zero-order valence-electron chi connectivity index (χ0n) is 15.5. The van der Waals surface area contributed by atoms with Crippen molar-refractivity contribution in [3.8, 4) is 0 Å². The maximum Gasteiger partial charge on any atom is 0.247 e. The zero-order chi connectivity index (χ0) is 18.7. The lowest BCUT2D eigenvalue weighted by atomic mass is 10.0. The largest absolute Gasteiger partial charge is 0.309 e. The molecule has 0 bridgehead atoms. The smallest absolute Gasteiger partial charge is 0.247 e. The summed E-state index contributed by atoms with van der Waals surface area (Å²) in [7, 11) is 5.73. The highest BCUT2D eigenvalue weighted by atomic mass is 19.1. The summed E-state index contributed by atoms with van der Waals surface area (Å²) < 4.78 is 15.5. The standard InChI is InChI=1S/C19H26FN5O/c1-23(2)18(14-5-4-6-15(20)13-14)19(26)22-17-7-10-21-25(17)16-8-11-24(3)12-9-16/h4-7,10,13,16,18H,8-9,11-12H2,1-3H3,(H,22,26). The van der Waals surface area contributed by atoms with Gasteiger partial charge in [0.05, 0.1) is 12.2 Å². The summed E-state index contributed by atoms with van der Waals surface area (Å²) in [6.45, 7) is 2.03. The van der Waals surface area contributed by atoms with Crippen molar-refractivity contribution in [2.45, 2.75) is 24.9 Å². The van der Waals surface area contributed by atoms with E-state index < -0.39 is 6.04 Å². The molecule has 1 aromatic carbocycles. The van der Waals surface area contributed by atoms with E-state index in [1.165, 1.54) is 12.1 Å². The number of piperidine rings is 1. The van der Waals surface area contributed by atoms with Crippen LogP contribution in [0.4, 0.5) is 10.2 Å². The predicted octanol–water partition coefficient (Wildman–Crippen LogP) is 2.53. The van der Waals surface area contributed by atoms with Gasteiger partial charge < -0.3 is 10.2 Å². The fourth-order valence-corrected chi connectivity index (χ4v) is 3.50. The van der Waals surface area contributed by atoms with Crippen molar-refractivity contribution in [2.24, 2.45) is 0 Å². The summed E-state index contributed by atoms with van der Waals surface area (Å²) in [5.74, 6) is 0.140. The number of benzene rings is 1. The summed E-state index contributed by atoms with van der Waals surface area (Å²) in [5, 5.41) is 7.40. The number of amides is 1. The van der Waals surface area contributed by atoms with Crippen LogP contribution in [-0.4, -0.2) is 59.7 Å². The first-order valence-corrected chi connectivity index (χ1v) is 8.90. The molecule has 2 heterocycles. The maximum absolute atomic E-state index is 13.6. The van der Waals surface area contributed by atoms with Gasteiger partial charge in [-0.15, -0.1) is 0 Å². The number of halogens is 1. The van der Waals surface area contributed by atoms with Crippen molar-refractivity contribution in [1.29, 1.82) is 0 Å². The molecule has 0 saturated carbocycles. The molecular weight excluding hydrogens is 333 g/mol. The molecule has 2 aromatic rings. The Kier molecular flexibility index (Phi) is 5.68. The van der Waals surface area contributed by atoms with Crippen molar-refractivity contribution < 1.29 is 9.18 Å². The first kappa shape index (κ1) is 18.5. The topological polar surface area (TPSA) is 53.4 Å². The van der Waals surface area contributed by atoms with E-state index in [1.54, 1.807) is 23.2 Å². The molecule has 0 radical (unpaired) electrons. The van der Waals surface area contributed by atoms with E-state index in [4.69, 9.17) is 0 Å². The van der Waals surface area contributed by atoms with Crippen molar-refractivity contribution in [3.05, 3.63) is 47.9 Å². The van der Waals surface area contributed by atoms with Gasteiger partial charge in [0.15, 0.2) is 0 Å². The van der Waals surface area contributed by atoms with E-state index in [1.807, 2.05) is 24.8 Å². The van der Waals surface area contributed by atoms with E-state index in [2.05, 4.69) is 22.4 Å². The number of aromatic nitrogens is 2. The highest BCUT2D eigenvalue weighted by molar-refractivity contribution is 5.94. The van der Waals surface area contributed by atoms with Crippen molar-refractivity contribution >= 4 is 11.7 Å². The molecule has 0 aliphatic carbocycles. The number of likely N-dealkylation sites (N-methyl/N-ethyl adjacent to an activating group) is 1. The van der Waals surface area contributed by atoms with Crippen molar-refractivity contribution in [1.82, 2.24) is 19.6 Å². The van der Waals surface area contributed by atoms with E-state index in [0.29, 0.717) is 11.4 Å². The highest BCUT2D eigenvalue weighted by Gasteiger charge is 2.26. The van der Waals surface area contributed by atoms with Gasteiger partial charge >= 0.3 is 0 Å². The Morgan fingerprint density at radius 3 is 2.69 bits per heavy atom. The Labute approximate surface area is 153 Å². The van der Waals surface area contributed by atoms with Gasteiger partial charge in [0.25, 0.3) is 0 Å². The predicted molar refractivity (Wildman–Crippen MR) is 99.5 cm³/mol. The lowest BCUT2D eigenvalue weighted by Gasteiger charge is -2.30. The Balaban J connectivity index is 1.77. The van der Waals surface area contributed by atoms with E-state index >= 15 is 0 Å². The number of anilines is 1. The lowest BCUT2D eigenvalue weighted by molar-refractivity contribution is -0.120. The molecule has 140 valence electrons. The average Bonchev–Trinajstić information content (AvgIpc) is 3.03. The van der Waals surface area contributed by atoms with Gasteiger partial charge in [0, 0.05) is 6.07 Å². The quantitative estimate of drug-likeness (QED) is 0.891. The van der Waals surface area contributed by atoms with Gasteiger partial charge in [-0.3, -0.25) is 9.69 Å². The fourth-order valence-electron chi connectivity index (χ4n) is 3.50. The van der Waals surface area contributed by atoms with Gasteiger partial charge in [0.1, 0.15) is 17.7 Å². The monoisotopic (exact) mass is 359 g/mol. The molecule has 26 heavy (non-hydrogen) atoms. The maximum atomic E-state index is 13.6. The first-order chi connectivity index (χ1) is 12.5. The van der Waals surface area contributed by atoms with Crippen LogP contribution in [0, 0.1) is 5.82 Å². The summed E-state index contributed by atoms with van der Waals surface area (Å²) in [6, 6.07) is 7.69. The van der Waals surface area contributed by atoms with Gasteiger partial charge in [-0.2, -0.15) is 5.10 Å². The molecule has 7 heteroatoms. The summed E-state index contributed by atoms with van der Waals surface area (Å²) in [4.78, 5) is 17.0. The van der Waals surface area contributed by atoms with Gasteiger partial charge in [-0.1, -0.05) is 12.1 Å². The molecule has 3 rings (SSSR count). The van der Waals surface area contributed by atoms with Gasteiger partial charge in [-0.25, -0.2) is 9.07 Å². The molecule has 1 fully saturated rings. The van der Waals surface area contributed by atoms with Crippen LogP contribution < -0.4 is 5.32 Å². The van der Waals surface area contributed by atoms with Crippen LogP contribution in [-0.2, 0) is 4.79 Å². The Bertz CT molecular complexity index is 752. The molecule has 1 unspecified atom stereocenters. The molecule has 1 aliphatic heterocycles. The minimum absolute atomic E-state index is 0.199. The summed E-state index contributed by atoms with van der Waals surface area (Å²) in [6.07, 6.45) is 3.71. The Hall–Kier alpha value is -2.25. The van der Waals surface area contributed by atoms with Crippen molar-refractivity contribution in [2.75, 3.05) is 39.5 Å². The number of likely N-dealkylation sites (tertiary alicyclic amines) is 1. The van der Waals surface area contributed by atoms with Crippen molar-refractivity contribution in [3.63, 3.8) is 0 Å². The van der Waals surface area contributed by atoms with Crippen LogP contribution in [0.5, 0.6) is 0 Å². The van der Waals surface area contributed by atoms with Gasteiger partial charge in [0.2, 0.25) is 5.91 Å². The van der Waals surface area contributed by atoms with E-state index in [9.17, 15) is 9.18 Å². The number of nitrogens with one attached hydrogen (secondary N) is 1. The average molecular weight is 359 g/mol. The second kappa shape index (κ2) is 7.97. The number of hydrogen-bond acceptors (Lipinski definition) is 4. The third-order valence-corrected chi connectivity index (χ3v) is 4.88. The van der Waals surface area contributed by atoms with Crippen LogP contribution in [0.1, 0.15) is 30.5 Å². The highest BCUT2D eigenvalue weighted by Crippen LogP contribution is 2.26. The zero-order valence-corrected chi connectivity index (χ0v) is 15.5. The normalized spacial score (nSPS) is 17.4. The minimum atomic E-state index is -0.577. The molecule has 0 spiro atoms. The van der Waals surface area contributed by atoms with E-state index in [0.717, 1.165) is 25.9 Å². The van der Waals surface area contributed by atoms with Crippen LogP contribution in [0.15, 0.2) is 36.5 Å². The Morgan fingerprint density at radius 1 is 1.31 bits per heavy atom. The van der Waals surface area contributed by atoms with E-state index in [-0.39, 0.29) is 17.8 Å². The van der Waals surface area contributed by atoms with Gasteiger partial charge in [-0.05, 0) is 64.8 Å². The molecule has 1 atom stereocenters. The third-order valence-electron chi connectivity index (χ3n) is 4.88. The summed E-state index contributed by atoms with van der Waals surface area (Å²) >= 11 is 0. The molecule has 1 aliphatic rings. The van der Waals surface area contributed by atoms with Crippen LogP contribution in [0.25, 0.3) is 0 Å². The molecule has 1 aromatic heterocycles. The van der Waals surface area contributed by atoms with Crippen LogP contribution in [0.2, 0.25) is 0 Å². The molecular formula is C19H26FN5O. The number of carbonyl (C=O) groups is 1. The first-order valence-electron chi connectivity index (χ1n) is 8.90. The molecule has 1 amide bonds. The molecule has 1 N–H and O–H groups in total. The van der Waals surface area contributed by atoms with Crippen LogP contribution in [0.3, 0.4) is 0 Å². The number of nitrogens with zero attached hydrogens (tertiary/aromatic N) is 4. The minimum Gasteiger partial charge on any atom is -0.309 e.